The van der Waals surface area contributed by atoms with Gasteiger partial charge in [-0.3, -0.25) is 4.79 Å². The van der Waals surface area contributed by atoms with E-state index in [0.717, 1.165) is 10.5 Å². The van der Waals surface area contributed by atoms with Crippen LogP contribution < -0.4 is 0 Å². The van der Waals surface area contributed by atoms with Crippen LogP contribution in [0.15, 0.2) is 59.5 Å². The minimum atomic E-state index is -3.06. The second kappa shape index (κ2) is 8.46. The average Bonchev–Trinajstić information content (AvgIpc) is 2.99. The molecule has 4 nitrogen and oxygen atoms in total. The summed E-state index contributed by atoms with van der Waals surface area (Å²) in [5.74, 6) is 0.351. The van der Waals surface area contributed by atoms with Crippen molar-refractivity contribution in [2.75, 3.05) is 17.3 Å². The third-order valence-corrected chi connectivity index (χ3v) is 7.60. The van der Waals surface area contributed by atoms with E-state index < -0.39 is 9.84 Å². The number of halogens is 1. The van der Waals surface area contributed by atoms with E-state index in [-0.39, 0.29) is 29.2 Å². The largest absolute Gasteiger partial charge is 0.334 e. The van der Waals surface area contributed by atoms with Crippen LogP contribution in [0.3, 0.4) is 0 Å². The van der Waals surface area contributed by atoms with Gasteiger partial charge in [0.2, 0.25) is 5.91 Å². The van der Waals surface area contributed by atoms with Gasteiger partial charge >= 0.3 is 0 Å². The van der Waals surface area contributed by atoms with E-state index in [1.807, 2.05) is 48.5 Å². The summed E-state index contributed by atoms with van der Waals surface area (Å²) < 4.78 is 23.8. The van der Waals surface area contributed by atoms with Gasteiger partial charge in [0.25, 0.3) is 0 Å². The van der Waals surface area contributed by atoms with Gasteiger partial charge in [0.1, 0.15) is 0 Å². The number of amides is 1. The van der Waals surface area contributed by atoms with E-state index in [1.165, 1.54) is 11.8 Å². The predicted octanol–water partition coefficient (Wildman–Crippen LogP) is 3.65. The van der Waals surface area contributed by atoms with E-state index >= 15 is 0 Å². The highest BCUT2D eigenvalue weighted by Gasteiger charge is 2.34. The second-order valence-electron chi connectivity index (χ2n) is 6.28. The molecule has 138 valence electrons. The Balaban J connectivity index is 1.74. The van der Waals surface area contributed by atoms with Gasteiger partial charge in [-0.2, -0.15) is 0 Å². The fraction of sp³-hybridized carbons (Fsp3) is 0.316. The molecule has 0 spiro atoms. The molecule has 0 aromatic heterocycles. The highest BCUT2D eigenvalue weighted by Crippen LogP contribution is 2.28. The lowest BCUT2D eigenvalue weighted by molar-refractivity contribution is -0.130. The summed E-state index contributed by atoms with van der Waals surface area (Å²) in [5, 5.41) is 0.614. The molecule has 1 heterocycles. The Morgan fingerprint density at radius 1 is 1.12 bits per heavy atom. The maximum atomic E-state index is 12.9. The number of carbonyl (C=O) groups excluding carboxylic acids is 1. The number of rotatable bonds is 6. The number of hydrogen-bond donors (Lipinski definition) is 0. The number of benzene rings is 2. The number of nitrogens with zero attached hydrogens (tertiary/aromatic N) is 1. The van der Waals surface area contributed by atoms with Gasteiger partial charge in [-0.1, -0.05) is 54.1 Å². The normalized spacial score (nSPS) is 18.6. The molecule has 2 aromatic carbocycles. The first-order valence-electron chi connectivity index (χ1n) is 8.36. The van der Waals surface area contributed by atoms with Crippen LogP contribution in [0, 0.1) is 0 Å². The average molecular weight is 410 g/mol. The molecule has 1 saturated heterocycles. The van der Waals surface area contributed by atoms with Crippen LogP contribution in [0.1, 0.15) is 12.0 Å². The Kier molecular flexibility index (Phi) is 6.27. The van der Waals surface area contributed by atoms with E-state index in [2.05, 4.69) is 0 Å². The molecule has 1 fully saturated rings. The van der Waals surface area contributed by atoms with Crippen LogP contribution in [0.2, 0.25) is 5.02 Å². The lowest BCUT2D eigenvalue weighted by atomic mass is 10.1. The van der Waals surface area contributed by atoms with E-state index in [9.17, 15) is 13.2 Å². The monoisotopic (exact) mass is 409 g/mol. The summed E-state index contributed by atoms with van der Waals surface area (Å²) in [4.78, 5) is 15.5. The standard InChI is InChI=1S/C19H20ClNO3S2/c20-17-8-4-5-9-18(17)25-13-19(22)21(12-15-6-2-1-3-7-15)16-10-11-26(23,24)14-16/h1-9,16H,10-14H2/t16-/m0/s1. The number of sulfone groups is 1. The van der Waals surface area contributed by atoms with Crippen LogP contribution in [0.25, 0.3) is 0 Å². The van der Waals surface area contributed by atoms with Crippen molar-refractivity contribution in [3.05, 3.63) is 65.2 Å². The van der Waals surface area contributed by atoms with Crippen molar-refractivity contribution in [3.8, 4) is 0 Å². The topological polar surface area (TPSA) is 54.5 Å². The van der Waals surface area contributed by atoms with Gasteiger partial charge in [-0.05, 0) is 24.1 Å². The number of thioether (sulfide) groups is 1. The molecule has 0 N–H and O–H groups in total. The maximum Gasteiger partial charge on any atom is 0.233 e. The third kappa shape index (κ3) is 5.02. The Morgan fingerprint density at radius 2 is 1.81 bits per heavy atom. The second-order valence-corrected chi connectivity index (χ2v) is 9.94. The van der Waals surface area contributed by atoms with E-state index in [4.69, 9.17) is 11.6 Å². The lowest BCUT2D eigenvalue weighted by Crippen LogP contribution is -2.41. The fourth-order valence-electron chi connectivity index (χ4n) is 3.01. The molecule has 3 rings (SSSR count). The van der Waals surface area contributed by atoms with Gasteiger partial charge in [-0.15, -0.1) is 11.8 Å². The quantitative estimate of drug-likeness (QED) is 0.683. The van der Waals surface area contributed by atoms with Crippen molar-refractivity contribution in [1.29, 1.82) is 0 Å². The van der Waals surface area contributed by atoms with Gasteiger partial charge in [0.15, 0.2) is 9.84 Å². The zero-order valence-electron chi connectivity index (χ0n) is 14.2. The summed E-state index contributed by atoms with van der Waals surface area (Å²) >= 11 is 7.54. The zero-order chi connectivity index (χ0) is 18.6. The van der Waals surface area contributed by atoms with Crippen molar-refractivity contribution >= 4 is 39.1 Å². The third-order valence-electron chi connectivity index (χ3n) is 4.35. The van der Waals surface area contributed by atoms with Crippen LogP contribution in [-0.2, 0) is 21.2 Å². The molecule has 26 heavy (non-hydrogen) atoms. The first-order chi connectivity index (χ1) is 12.4. The summed E-state index contributed by atoms with van der Waals surface area (Å²) in [7, 11) is -3.06. The Morgan fingerprint density at radius 3 is 2.46 bits per heavy atom. The summed E-state index contributed by atoms with van der Waals surface area (Å²) in [6.07, 6.45) is 0.498. The molecule has 0 saturated carbocycles. The molecule has 2 aromatic rings. The molecule has 1 amide bonds. The van der Waals surface area contributed by atoms with Gasteiger partial charge in [-0.25, -0.2) is 8.42 Å². The molecule has 0 unspecified atom stereocenters. The van der Waals surface area contributed by atoms with Crippen LogP contribution in [-0.4, -0.2) is 42.5 Å². The fourth-order valence-corrected chi connectivity index (χ4v) is 5.86. The summed E-state index contributed by atoms with van der Waals surface area (Å²) in [6.45, 7) is 0.420. The zero-order valence-corrected chi connectivity index (χ0v) is 16.6. The van der Waals surface area contributed by atoms with Crippen molar-refractivity contribution in [2.24, 2.45) is 0 Å². The first kappa shape index (κ1) is 19.3. The Bertz CT molecular complexity index is 871. The van der Waals surface area contributed by atoms with Crippen LogP contribution in [0.4, 0.5) is 0 Å². The van der Waals surface area contributed by atoms with Gasteiger partial charge in [0, 0.05) is 17.5 Å². The SMILES string of the molecule is O=C(CSc1ccccc1Cl)N(Cc1ccccc1)[C@H]1CCS(=O)(=O)C1. The van der Waals surface area contributed by atoms with Gasteiger partial charge < -0.3 is 4.90 Å². The molecule has 0 aliphatic carbocycles. The molecular formula is C19H20ClNO3S2. The van der Waals surface area contributed by atoms with Gasteiger partial charge in [0.05, 0.1) is 22.3 Å². The highest BCUT2D eigenvalue weighted by atomic mass is 35.5. The van der Waals surface area contributed by atoms with Crippen LogP contribution >= 0.6 is 23.4 Å². The van der Waals surface area contributed by atoms with Crippen molar-refractivity contribution < 1.29 is 13.2 Å². The van der Waals surface area contributed by atoms with E-state index in [0.29, 0.717) is 18.0 Å². The smallest absolute Gasteiger partial charge is 0.233 e. The number of hydrogen-bond acceptors (Lipinski definition) is 4. The number of carbonyl (C=O) groups is 1. The maximum absolute atomic E-state index is 12.9. The molecule has 1 aliphatic rings. The minimum Gasteiger partial charge on any atom is -0.334 e. The molecule has 1 aliphatic heterocycles. The molecule has 0 bridgehead atoms. The Hall–Kier alpha value is -1.50. The lowest BCUT2D eigenvalue weighted by Gasteiger charge is -2.28. The molecule has 7 heteroatoms. The molecular weight excluding hydrogens is 390 g/mol. The van der Waals surface area contributed by atoms with Crippen molar-refractivity contribution in [3.63, 3.8) is 0 Å². The minimum absolute atomic E-state index is 0.0440. The van der Waals surface area contributed by atoms with E-state index in [1.54, 1.807) is 11.0 Å². The first-order valence-corrected chi connectivity index (χ1v) is 11.5. The Labute approximate surface area is 163 Å². The highest BCUT2D eigenvalue weighted by molar-refractivity contribution is 8.00. The van der Waals surface area contributed by atoms with Crippen LogP contribution in [0.5, 0.6) is 0 Å². The van der Waals surface area contributed by atoms with Crippen molar-refractivity contribution in [2.45, 2.75) is 23.9 Å². The molecule has 0 radical (unpaired) electrons. The summed E-state index contributed by atoms with van der Waals surface area (Å²) in [6, 6.07) is 16.8. The molecule has 1 atom stereocenters. The summed E-state index contributed by atoms with van der Waals surface area (Å²) in [5.41, 5.74) is 0.993. The van der Waals surface area contributed by atoms with Crippen molar-refractivity contribution in [1.82, 2.24) is 4.90 Å². The predicted molar refractivity (Wildman–Crippen MR) is 106 cm³/mol.